The minimum atomic E-state index is -4.74. The standard InChI is InChI=1S/C13H6Cl2F4N4/c14-10-9-11(22-12(15)21-10)20-5-23(9)4-6-1-2-7(8(16)3-6)13(17,18)19/h1-3,5H,4H2. The number of imidazole rings is 1. The van der Waals surface area contributed by atoms with E-state index in [1.807, 2.05) is 0 Å². The summed E-state index contributed by atoms with van der Waals surface area (Å²) in [5.74, 6) is -1.34. The monoisotopic (exact) mass is 364 g/mol. The molecule has 0 bridgehead atoms. The maximum absolute atomic E-state index is 13.6. The normalized spacial score (nSPS) is 12.1. The van der Waals surface area contributed by atoms with Crippen LogP contribution < -0.4 is 0 Å². The molecule has 120 valence electrons. The van der Waals surface area contributed by atoms with Crippen molar-refractivity contribution in [2.45, 2.75) is 12.7 Å². The van der Waals surface area contributed by atoms with Gasteiger partial charge in [0.05, 0.1) is 11.9 Å². The molecule has 0 saturated heterocycles. The smallest absolute Gasteiger partial charge is 0.322 e. The number of aromatic nitrogens is 4. The van der Waals surface area contributed by atoms with Gasteiger partial charge >= 0.3 is 6.18 Å². The fourth-order valence-electron chi connectivity index (χ4n) is 2.11. The molecule has 2 aromatic heterocycles. The van der Waals surface area contributed by atoms with Gasteiger partial charge in [-0.1, -0.05) is 17.7 Å². The maximum atomic E-state index is 13.6. The summed E-state index contributed by atoms with van der Waals surface area (Å²) in [5, 5.41) is -0.0294. The molecule has 0 aliphatic carbocycles. The molecule has 0 aliphatic heterocycles. The molecule has 2 heterocycles. The van der Waals surface area contributed by atoms with Gasteiger partial charge in [0, 0.05) is 6.54 Å². The second-order valence-corrected chi connectivity index (χ2v) is 5.34. The van der Waals surface area contributed by atoms with E-state index >= 15 is 0 Å². The zero-order valence-electron chi connectivity index (χ0n) is 11.1. The summed E-state index contributed by atoms with van der Waals surface area (Å²) < 4.78 is 52.8. The molecule has 4 nitrogen and oxygen atoms in total. The average molecular weight is 365 g/mol. The SMILES string of the molecule is Fc1cc(Cn2cnc3nc(Cl)nc(Cl)c32)ccc1C(F)(F)F. The lowest BCUT2D eigenvalue weighted by Gasteiger charge is -2.10. The average Bonchev–Trinajstić information content (AvgIpc) is 2.80. The summed E-state index contributed by atoms with van der Waals surface area (Å²) in [6.45, 7) is 0.0519. The first-order chi connectivity index (χ1) is 10.8. The van der Waals surface area contributed by atoms with Crippen LogP contribution in [0.5, 0.6) is 0 Å². The molecular formula is C13H6Cl2F4N4. The van der Waals surface area contributed by atoms with Gasteiger partial charge < -0.3 is 4.57 Å². The van der Waals surface area contributed by atoms with Crippen LogP contribution in [0.3, 0.4) is 0 Å². The van der Waals surface area contributed by atoms with Crippen molar-refractivity contribution in [1.82, 2.24) is 19.5 Å². The molecule has 0 radical (unpaired) electrons. The van der Waals surface area contributed by atoms with Crippen LogP contribution in [0.15, 0.2) is 24.5 Å². The number of rotatable bonds is 2. The van der Waals surface area contributed by atoms with Crippen molar-refractivity contribution < 1.29 is 17.6 Å². The number of alkyl halides is 3. The topological polar surface area (TPSA) is 43.6 Å². The number of nitrogens with zero attached hydrogens (tertiary/aromatic N) is 4. The lowest BCUT2D eigenvalue weighted by molar-refractivity contribution is -0.140. The van der Waals surface area contributed by atoms with Gasteiger partial charge in [-0.2, -0.15) is 18.2 Å². The first-order valence-corrected chi connectivity index (χ1v) is 6.91. The highest BCUT2D eigenvalue weighted by Gasteiger charge is 2.33. The Morgan fingerprint density at radius 3 is 2.52 bits per heavy atom. The van der Waals surface area contributed by atoms with E-state index in [0.717, 1.165) is 6.07 Å². The Morgan fingerprint density at radius 2 is 1.87 bits per heavy atom. The summed E-state index contributed by atoms with van der Waals surface area (Å²) in [5.41, 5.74) is -0.413. The number of fused-ring (bicyclic) bond motifs is 1. The van der Waals surface area contributed by atoms with E-state index in [4.69, 9.17) is 23.2 Å². The summed E-state index contributed by atoms with van der Waals surface area (Å²) in [6.07, 6.45) is -3.37. The molecule has 3 aromatic rings. The van der Waals surface area contributed by atoms with Gasteiger partial charge in [0.15, 0.2) is 10.8 Å². The Morgan fingerprint density at radius 1 is 1.13 bits per heavy atom. The van der Waals surface area contributed by atoms with Crippen LogP contribution >= 0.6 is 23.2 Å². The van der Waals surface area contributed by atoms with Gasteiger partial charge in [0.2, 0.25) is 5.28 Å². The van der Waals surface area contributed by atoms with Crippen molar-refractivity contribution in [2.24, 2.45) is 0 Å². The van der Waals surface area contributed by atoms with Crippen molar-refractivity contribution in [3.63, 3.8) is 0 Å². The van der Waals surface area contributed by atoms with E-state index in [9.17, 15) is 17.6 Å². The summed E-state index contributed by atoms with van der Waals surface area (Å²) in [4.78, 5) is 11.6. The number of halogens is 6. The molecule has 0 aliphatic rings. The Hall–Kier alpha value is -1.93. The first-order valence-electron chi connectivity index (χ1n) is 6.15. The lowest BCUT2D eigenvalue weighted by Crippen LogP contribution is -2.09. The van der Waals surface area contributed by atoms with Crippen molar-refractivity contribution in [1.29, 1.82) is 0 Å². The minimum absolute atomic E-state index is 0.0462. The van der Waals surface area contributed by atoms with Gasteiger partial charge in [-0.25, -0.2) is 14.4 Å². The second-order valence-electron chi connectivity index (χ2n) is 4.64. The first kappa shape index (κ1) is 15.9. The van der Waals surface area contributed by atoms with E-state index < -0.39 is 17.6 Å². The fraction of sp³-hybridized carbons (Fsp3) is 0.154. The van der Waals surface area contributed by atoms with Gasteiger partial charge in [-0.15, -0.1) is 0 Å². The number of benzene rings is 1. The molecule has 0 N–H and O–H groups in total. The van der Waals surface area contributed by atoms with Crippen LogP contribution in [0.25, 0.3) is 11.2 Å². The van der Waals surface area contributed by atoms with E-state index in [-0.39, 0.29) is 22.6 Å². The molecule has 10 heteroatoms. The zero-order chi connectivity index (χ0) is 16.8. The Kier molecular flexibility index (Phi) is 3.89. The van der Waals surface area contributed by atoms with Gasteiger partial charge in [0.25, 0.3) is 0 Å². The highest BCUT2D eigenvalue weighted by molar-refractivity contribution is 6.35. The Bertz CT molecular complexity index is 892. The highest BCUT2D eigenvalue weighted by atomic mass is 35.5. The summed E-state index contributed by atoms with van der Waals surface area (Å²) >= 11 is 11.6. The molecule has 0 atom stereocenters. The van der Waals surface area contributed by atoms with Crippen LogP contribution in [0.2, 0.25) is 10.4 Å². The van der Waals surface area contributed by atoms with E-state index in [1.165, 1.54) is 17.0 Å². The molecule has 0 unspecified atom stereocenters. The van der Waals surface area contributed by atoms with E-state index in [2.05, 4.69) is 15.0 Å². The van der Waals surface area contributed by atoms with Crippen molar-refractivity contribution in [3.8, 4) is 0 Å². The van der Waals surface area contributed by atoms with Crippen molar-refractivity contribution >= 4 is 34.4 Å². The molecule has 0 fully saturated rings. The maximum Gasteiger partial charge on any atom is 0.419 e. The molecule has 23 heavy (non-hydrogen) atoms. The number of hydrogen-bond donors (Lipinski definition) is 0. The Balaban J connectivity index is 1.99. The van der Waals surface area contributed by atoms with E-state index in [0.29, 0.717) is 17.1 Å². The largest absolute Gasteiger partial charge is 0.419 e. The van der Waals surface area contributed by atoms with Gasteiger partial charge in [0.1, 0.15) is 11.3 Å². The number of hydrogen-bond acceptors (Lipinski definition) is 3. The predicted molar refractivity (Wildman–Crippen MR) is 75.8 cm³/mol. The molecule has 3 rings (SSSR count). The molecule has 0 amide bonds. The van der Waals surface area contributed by atoms with E-state index in [1.54, 1.807) is 0 Å². The predicted octanol–water partition coefficient (Wildman–Crippen LogP) is 4.34. The fourth-order valence-corrected chi connectivity index (χ4v) is 2.60. The molecule has 0 saturated carbocycles. The van der Waals surface area contributed by atoms with Crippen LogP contribution in [-0.2, 0) is 12.7 Å². The lowest BCUT2D eigenvalue weighted by atomic mass is 10.1. The summed E-state index contributed by atoms with van der Waals surface area (Å²) in [7, 11) is 0. The zero-order valence-corrected chi connectivity index (χ0v) is 12.6. The van der Waals surface area contributed by atoms with Gasteiger partial charge in [-0.3, -0.25) is 0 Å². The summed E-state index contributed by atoms with van der Waals surface area (Å²) in [6, 6.07) is 2.69. The highest BCUT2D eigenvalue weighted by Crippen LogP contribution is 2.32. The molecule has 0 spiro atoms. The van der Waals surface area contributed by atoms with Crippen molar-refractivity contribution in [3.05, 3.63) is 51.9 Å². The quantitative estimate of drug-likeness (QED) is 0.386. The third kappa shape index (κ3) is 3.09. The minimum Gasteiger partial charge on any atom is -0.322 e. The van der Waals surface area contributed by atoms with Gasteiger partial charge in [-0.05, 0) is 29.3 Å². The van der Waals surface area contributed by atoms with Crippen LogP contribution in [0, 0.1) is 5.82 Å². The van der Waals surface area contributed by atoms with Crippen LogP contribution in [-0.4, -0.2) is 19.5 Å². The Labute approximate surface area is 136 Å². The second kappa shape index (κ2) is 5.61. The third-order valence-electron chi connectivity index (χ3n) is 3.09. The molecule has 1 aromatic carbocycles. The molecular weight excluding hydrogens is 359 g/mol. The van der Waals surface area contributed by atoms with Crippen LogP contribution in [0.1, 0.15) is 11.1 Å². The third-order valence-corrected chi connectivity index (χ3v) is 3.53. The van der Waals surface area contributed by atoms with Crippen LogP contribution in [0.4, 0.5) is 17.6 Å². The van der Waals surface area contributed by atoms with Crippen molar-refractivity contribution in [2.75, 3.05) is 0 Å².